The minimum Gasteiger partial charge on any atom is -0.354 e. The molecule has 0 saturated carbocycles. The van der Waals surface area contributed by atoms with Gasteiger partial charge in [0.25, 0.3) is 0 Å². The summed E-state index contributed by atoms with van der Waals surface area (Å²) in [5.41, 5.74) is 1.68. The second-order valence-corrected chi connectivity index (χ2v) is 17.4. The molecule has 0 aliphatic heterocycles. The Morgan fingerprint density at radius 3 is 1.56 bits per heavy atom. The van der Waals surface area contributed by atoms with E-state index in [1.807, 2.05) is 99.6 Å². The summed E-state index contributed by atoms with van der Waals surface area (Å²) < 4.78 is 0. The third-order valence-electron chi connectivity index (χ3n) is 11.1. The Balaban J connectivity index is 2.47. The number of rotatable bonds is 22. The number of hydrogen-bond donors (Lipinski definition) is 4. The highest BCUT2D eigenvalue weighted by Gasteiger charge is 2.43. The quantitative estimate of drug-likeness (QED) is 0.140. The van der Waals surface area contributed by atoms with E-state index < -0.39 is 59.9 Å². The molecule has 15 heteroatoms. The lowest BCUT2D eigenvalue weighted by Gasteiger charge is -2.41. The van der Waals surface area contributed by atoms with E-state index >= 15 is 0 Å². The van der Waals surface area contributed by atoms with Crippen molar-refractivity contribution in [1.29, 1.82) is 0 Å². The summed E-state index contributed by atoms with van der Waals surface area (Å²) >= 11 is 0. The van der Waals surface area contributed by atoms with Crippen molar-refractivity contribution in [2.75, 3.05) is 41.8 Å². The molecule has 1 heterocycles. The maximum Gasteiger partial charge on any atom is 0.246 e. The summed E-state index contributed by atoms with van der Waals surface area (Å²) in [5.74, 6) is -3.67. The second kappa shape index (κ2) is 23.1. The molecule has 2 rings (SSSR count). The summed E-state index contributed by atoms with van der Waals surface area (Å²) in [6, 6.07) is 4.11. The molecule has 0 aliphatic carbocycles. The number of likely N-dealkylation sites (N-methyl/N-ethyl adjacent to an activating group) is 5. The van der Waals surface area contributed by atoms with Crippen molar-refractivity contribution in [3.8, 4) is 0 Å². The van der Waals surface area contributed by atoms with Gasteiger partial charge < -0.3 is 40.5 Å². The van der Waals surface area contributed by atoms with E-state index in [2.05, 4.69) is 25.9 Å². The Morgan fingerprint density at radius 1 is 0.610 bits per heavy atom. The third kappa shape index (κ3) is 13.4. The van der Waals surface area contributed by atoms with Gasteiger partial charge in [0, 0.05) is 59.5 Å². The van der Waals surface area contributed by atoms with E-state index in [0.29, 0.717) is 13.0 Å². The molecule has 6 amide bonds. The SMILES string of the molecule is CN[C@H](C(=O)N[C@H](C(=O)N(C)[C@H](C(=O)N(C)[C@H](C(=O)N(C)[C@@H](Cc1ccccc1)C(=O)N(C)[C@H](C(=O)NCCc1cnc[nH]1)C(C)C)C(C)C)C(C)C)C(C)C)C(C)C. The van der Waals surface area contributed by atoms with E-state index in [1.165, 1.54) is 19.6 Å². The van der Waals surface area contributed by atoms with Crippen LogP contribution in [-0.2, 0) is 41.6 Å². The Morgan fingerprint density at radius 2 is 1.10 bits per heavy atom. The van der Waals surface area contributed by atoms with Gasteiger partial charge in [0.1, 0.15) is 30.2 Å². The van der Waals surface area contributed by atoms with Crippen molar-refractivity contribution in [2.45, 2.75) is 118 Å². The first-order chi connectivity index (χ1) is 27.6. The monoisotopic (exact) mass is 824 g/mol. The number of carbonyl (C=O) groups excluding carboxylic acids is 6. The van der Waals surface area contributed by atoms with E-state index in [-0.39, 0.29) is 47.8 Å². The van der Waals surface area contributed by atoms with E-state index in [4.69, 9.17) is 0 Å². The van der Waals surface area contributed by atoms with Crippen LogP contribution in [0, 0.1) is 29.6 Å². The van der Waals surface area contributed by atoms with Crippen LogP contribution in [0.25, 0.3) is 0 Å². The Bertz CT molecular complexity index is 1660. The molecule has 6 atom stereocenters. The largest absolute Gasteiger partial charge is 0.354 e. The highest BCUT2D eigenvalue weighted by Crippen LogP contribution is 2.23. The third-order valence-corrected chi connectivity index (χ3v) is 11.1. The van der Waals surface area contributed by atoms with Crippen LogP contribution in [-0.4, -0.2) is 143 Å². The van der Waals surface area contributed by atoms with Crippen LogP contribution >= 0.6 is 0 Å². The lowest BCUT2D eigenvalue weighted by molar-refractivity contribution is -0.156. The average Bonchev–Trinajstić information content (AvgIpc) is 3.68. The first-order valence-electron chi connectivity index (χ1n) is 20.9. The maximum atomic E-state index is 14.8. The highest BCUT2D eigenvalue weighted by atomic mass is 16.2. The van der Waals surface area contributed by atoms with Crippen molar-refractivity contribution in [3.05, 3.63) is 54.1 Å². The molecular weight excluding hydrogens is 751 g/mol. The van der Waals surface area contributed by atoms with Gasteiger partial charge in [0.2, 0.25) is 35.4 Å². The topological polar surface area (TPSA) is 180 Å². The molecule has 0 bridgehead atoms. The predicted molar refractivity (Wildman–Crippen MR) is 231 cm³/mol. The number of aromatic amines is 1. The number of carbonyl (C=O) groups is 6. The van der Waals surface area contributed by atoms with Gasteiger partial charge in [-0.3, -0.25) is 28.8 Å². The van der Waals surface area contributed by atoms with Gasteiger partial charge in [0.05, 0.1) is 12.4 Å². The number of H-pyrrole nitrogens is 1. The normalized spacial score (nSPS) is 14.7. The molecule has 330 valence electrons. The van der Waals surface area contributed by atoms with Crippen molar-refractivity contribution in [2.24, 2.45) is 29.6 Å². The zero-order chi connectivity index (χ0) is 44.9. The van der Waals surface area contributed by atoms with Crippen molar-refractivity contribution in [1.82, 2.24) is 45.5 Å². The molecule has 0 saturated heterocycles. The van der Waals surface area contributed by atoms with Gasteiger partial charge >= 0.3 is 0 Å². The zero-order valence-electron chi connectivity index (χ0n) is 38.2. The molecule has 0 radical (unpaired) electrons. The fraction of sp³-hybridized carbons (Fsp3) is 0.659. The molecule has 15 nitrogen and oxygen atoms in total. The van der Waals surface area contributed by atoms with Gasteiger partial charge in [-0.1, -0.05) is 99.6 Å². The smallest absolute Gasteiger partial charge is 0.246 e. The minimum absolute atomic E-state index is 0.0227. The van der Waals surface area contributed by atoms with Crippen LogP contribution < -0.4 is 16.0 Å². The lowest BCUT2D eigenvalue weighted by Crippen LogP contribution is -2.63. The number of nitrogens with zero attached hydrogens (tertiary/aromatic N) is 5. The van der Waals surface area contributed by atoms with Gasteiger partial charge in [-0.15, -0.1) is 0 Å². The summed E-state index contributed by atoms with van der Waals surface area (Å²) in [4.78, 5) is 97.7. The number of hydrogen-bond acceptors (Lipinski definition) is 8. The average molecular weight is 824 g/mol. The molecule has 4 N–H and O–H groups in total. The Hall–Kier alpha value is -4.79. The van der Waals surface area contributed by atoms with E-state index in [0.717, 1.165) is 11.3 Å². The molecule has 1 aromatic heterocycles. The Labute approximate surface area is 352 Å². The molecule has 2 aromatic rings. The van der Waals surface area contributed by atoms with Crippen molar-refractivity contribution in [3.63, 3.8) is 0 Å². The van der Waals surface area contributed by atoms with E-state index in [1.54, 1.807) is 47.8 Å². The van der Waals surface area contributed by atoms with Crippen LogP contribution in [0.5, 0.6) is 0 Å². The summed E-state index contributed by atoms with van der Waals surface area (Å²) in [6.45, 7) is 18.9. The second-order valence-electron chi connectivity index (χ2n) is 17.4. The molecule has 0 fully saturated rings. The molecule has 0 aliphatic rings. The van der Waals surface area contributed by atoms with Crippen LogP contribution in [0.2, 0.25) is 0 Å². The van der Waals surface area contributed by atoms with Crippen LogP contribution in [0.4, 0.5) is 0 Å². The number of aromatic nitrogens is 2. The first-order valence-corrected chi connectivity index (χ1v) is 20.9. The van der Waals surface area contributed by atoms with Gasteiger partial charge in [-0.05, 0) is 42.2 Å². The van der Waals surface area contributed by atoms with Crippen LogP contribution in [0.3, 0.4) is 0 Å². The van der Waals surface area contributed by atoms with Crippen molar-refractivity contribution >= 4 is 35.4 Å². The van der Waals surface area contributed by atoms with Crippen LogP contribution in [0.15, 0.2) is 42.9 Å². The maximum absolute atomic E-state index is 14.8. The fourth-order valence-corrected chi connectivity index (χ4v) is 7.76. The summed E-state index contributed by atoms with van der Waals surface area (Å²) in [7, 11) is 7.95. The predicted octanol–water partition coefficient (Wildman–Crippen LogP) is 2.97. The summed E-state index contributed by atoms with van der Waals surface area (Å²) in [6.07, 6.45) is 3.97. The number of amides is 6. The minimum atomic E-state index is -1.02. The van der Waals surface area contributed by atoms with E-state index in [9.17, 15) is 28.8 Å². The van der Waals surface area contributed by atoms with Gasteiger partial charge in [-0.25, -0.2) is 4.98 Å². The highest BCUT2D eigenvalue weighted by molar-refractivity contribution is 5.97. The summed E-state index contributed by atoms with van der Waals surface area (Å²) in [5, 5.41) is 8.88. The number of imidazole rings is 1. The first kappa shape index (κ1) is 50.4. The molecular formula is C44H73N9O6. The molecule has 59 heavy (non-hydrogen) atoms. The van der Waals surface area contributed by atoms with Gasteiger partial charge in [-0.2, -0.15) is 0 Å². The molecule has 0 unspecified atom stereocenters. The lowest BCUT2D eigenvalue weighted by atomic mass is 9.94. The van der Waals surface area contributed by atoms with Crippen molar-refractivity contribution < 1.29 is 28.8 Å². The zero-order valence-corrected chi connectivity index (χ0v) is 38.2. The fourth-order valence-electron chi connectivity index (χ4n) is 7.76. The number of nitrogens with one attached hydrogen (secondary N) is 4. The molecule has 0 spiro atoms. The van der Waals surface area contributed by atoms with Gasteiger partial charge in [0.15, 0.2) is 0 Å². The molecule has 1 aromatic carbocycles. The standard InChI is InChI=1S/C44H73N9O6/c1-26(2)34(45-11)39(54)49-35(27(3)4)42(57)52(14)38(30(9)10)44(59)53(15)37(29(7)8)43(58)50(12)33(23-31-19-17-16-18-20-31)41(56)51(13)36(28(5)6)40(55)47-22-21-32-24-46-25-48-32/h16-20,24-30,33-38,45H,21-23H2,1-15H3,(H,46,48)(H,47,55)(H,49,54)/t33-,34-,35-,36-,37-,38-/m0/s1. The Kier molecular flexibility index (Phi) is 19.7. The van der Waals surface area contributed by atoms with Crippen LogP contribution in [0.1, 0.15) is 80.5 Å². The number of benzene rings is 1.